The molecule has 112 valence electrons. The molecule has 21 heavy (non-hydrogen) atoms. The fourth-order valence-electron chi connectivity index (χ4n) is 1.82. The van der Waals surface area contributed by atoms with Crippen LogP contribution in [0.4, 0.5) is 23.2 Å². The maximum absolute atomic E-state index is 13.0. The molecule has 0 saturated carbocycles. The number of hydrogen-bond acceptors (Lipinski definition) is 2. The van der Waals surface area contributed by atoms with Crippen LogP contribution >= 0.6 is 11.6 Å². The van der Waals surface area contributed by atoms with Gasteiger partial charge in [-0.25, -0.2) is 9.37 Å². The van der Waals surface area contributed by atoms with Gasteiger partial charge in [-0.3, -0.25) is 0 Å². The van der Waals surface area contributed by atoms with Gasteiger partial charge in [0.25, 0.3) is 0 Å². The van der Waals surface area contributed by atoms with Gasteiger partial charge in [-0.15, -0.1) is 0 Å². The van der Waals surface area contributed by atoms with Crippen molar-refractivity contribution in [2.24, 2.45) is 0 Å². The van der Waals surface area contributed by atoms with Gasteiger partial charge in [0, 0.05) is 6.54 Å². The van der Waals surface area contributed by atoms with Gasteiger partial charge in [0.05, 0.1) is 17.4 Å². The molecule has 1 aromatic heterocycles. The number of hydrogen-bond donors (Lipinski definition) is 1. The fraction of sp³-hybridized carbons (Fsp3) is 0.214. The topological polar surface area (TPSA) is 24.9 Å². The van der Waals surface area contributed by atoms with Crippen LogP contribution in [0.15, 0.2) is 30.5 Å². The molecule has 2 rings (SSSR count). The minimum absolute atomic E-state index is 0.0449. The van der Waals surface area contributed by atoms with Crippen LogP contribution < -0.4 is 5.32 Å². The first-order chi connectivity index (χ1) is 9.77. The lowest BCUT2D eigenvalue weighted by atomic mass is 10.1. The van der Waals surface area contributed by atoms with Gasteiger partial charge in [-0.1, -0.05) is 17.7 Å². The fourth-order valence-corrected chi connectivity index (χ4v) is 1.92. The SMILES string of the molecule is Cc1cc(NCc2ccc(F)cc2C(F)(F)F)cnc1Cl. The Morgan fingerprint density at radius 1 is 1.24 bits per heavy atom. The number of anilines is 1. The Morgan fingerprint density at radius 2 is 1.95 bits per heavy atom. The third-order valence-corrected chi connectivity index (χ3v) is 3.27. The van der Waals surface area contributed by atoms with Crippen molar-refractivity contribution in [2.45, 2.75) is 19.6 Å². The molecular weight excluding hydrogens is 308 g/mol. The summed E-state index contributed by atoms with van der Waals surface area (Å²) in [6.45, 7) is 1.64. The number of nitrogens with one attached hydrogen (secondary N) is 1. The molecule has 0 fully saturated rings. The summed E-state index contributed by atoms with van der Waals surface area (Å²) >= 11 is 5.77. The summed E-state index contributed by atoms with van der Waals surface area (Å²) in [7, 11) is 0. The van der Waals surface area contributed by atoms with Gasteiger partial charge in [-0.2, -0.15) is 13.2 Å². The van der Waals surface area contributed by atoms with Crippen LogP contribution in [0, 0.1) is 12.7 Å². The summed E-state index contributed by atoms with van der Waals surface area (Å²) in [5.41, 5.74) is 0.205. The highest BCUT2D eigenvalue weighted by molar-refractivity contribution is 6.30. The Balaban J connectivity index is 2.22. The Kier molecular flexibility index (Phi) is 4.37. The predicted octanol–water partition coefficient (Wildman–Crippen LogP) is 4.81. The number of nitrogens with zero attached hydrogens (tertiary/aromatic N) is 1. The number of rotatable bonds is 3. The van der Waals surface area contributed by atoms with Crippen LogP contribution in [0.1, 0.15) is 16.7 Å². The van der Waals surface area contributed by atoms with Crippen molar-refractivity contribution in [3.8, 4) is 0 Å². The molecule has 1 N–H and O–H groups in total. The second-order valence-corrected chi connectivity index (χ2v) is 4.84. The molecule has 1 aromatic carbocycles. The Hall–Kier alpha value is -1.82. The van der Waals surface area contributed by atoms with Crippen LogP contribution in [-0.4, -0.2) is 4.98 Å². The molecule has 0 aliphatic heterocycles. The highest BCUT2D eigenvalue weighted by Gasteiger charge is 2.33. The van der Waals surface area contributed by atoms with Gasteiger partial charge in [0.1, 0.15) is 11.0 Å². The van der Waals surface area contributed by atoms with Crippen LogP contribution in [0.2, 0.25) is 5.15 Å². The molecular formula is C14H11ClF4N2. The average molecular weight is 319 g/mol. The van der Waals surface area contributed by atoms with Crippen molar-refractivity contribution in [3.63, 3.8) is 0 Å². The molecule has 0 atom stereocenters. The van der Waals surface area contributed by atoms with Crippen LogP contribution in [0.5, 0.6) is 0 Å². The van der Waals surface area contributed by atoms with E-state index in [1.165, 1.54) is 6.20 Å². The molecule has 0 saturated heterocycles. The van der Waals surface area contributed by atoms with E-state index in [1.807, 2.05) is 0 Å². The maximum Gasteiger partial charge on any atom is 0.416 e. The van der Waals surface area contributed by atoms with Crippen molar-refractivity contribution in [1.29, 1.82) is 0 Å². The highest BCUT2D eigenvalue weighted by atomic mass is 35.5. The van der Waals surface area contributed by atoms with Crippen molar-refractivity contribution in [2.75, 3.05) is 5.32 Å². The van der Waals surface area contributed by atoms with Crippen LogP contribution in [0.3, 0.4) is 0 Å². The number of benzene rings is 1. The maximum atomic E-state index is 13.0. The smallest absolute Gasteiger partial charge is 0.380 e. The highest BCUT2D eigenvalue weighted by Crippen LogP contribution is 2.33. The van der Waals surface area contributed by atoms with Crippen LogP contribution in [0.25, 0.3) is 0 Å². The Bertz CT molecular complexity index is 656. The second-order valence-electron chi connectivity index (χ2n) is 4.48. The first-order valence-electron chi connectivity index (χ1n) is 5.99. The molecule has 0 aliphatic rings. The lowest BCUT2D eigenvalue weighted by molar-refractivity contribution is -0.138. The molecule has 7 heteroatoms. The van der Waals surface area contributed by atoms with Crippen molar-refractivity contribution in [3.05, 3.63) is 58.1 Å². The zero-order chi connectivity index (χ0) is 15.6. The standard InChI is InChI=1S/C14H11ClF4N2/c1-8-4-11(7-21-13(8)15)20-6-9-2-3-10(16)5-12(9)14(17,18)19/h2-5,7,20H,6H2,1H3. The van der Waals surface area contributed by atoms with Gasteiger partial charge < -0.3 is 5.32 Å². The van der Waals surface area contributed by atoms with E-state index in [0.29, 0.717) is 22.5 Å². The molecule has 0 bridgehead atoms. The molecule has 0 aliphatic carbocycles. The van der Waals surface area contributed by atoms with E-state index in [-0.39, 0.29) is 12.1 Å². The number of aromatic nitrogens is 1. The zero-order valence-corrected chi connectivity index (χ0v) is 11.7. The summed E-state index contributed by atoms with van der Waals surface area (Å²) < 4.78 is 51.5. The monoisotopic (exact) mass is 318 g/mol. The lowest BCUT2D eigenvalue weighted by Gasteiger charge is -2.14. The number of aryl methyl sites for hydroxylation is 1. The van der Waals surface area contributed by atoms with E-state index in [0.717, 1.165) is 12.1 Å². The van der Waals surface area contributed by atoms with Gasteiger partial charge in [0.15, 0.2) is 0 Å². The molecule has 0 spiro atoms. The minimum atomic E-state index is -4.60. The third kappa shape index (κ3) is 3.85. The summed E-state index contributed by atoms with van der Waals surface area (Å²) in [5, 5.41) is 3.15. The molecule has 1 heterocycles. The predicted molar refractivity (Wildman–Crippen MR) is 72.7 cm³/mol. The molecule has 0 unspecified atom stereocenters. The third-order valence-electron chi connectivity index (χ3n) is 2.87. The van der Waals surface area contributed by atoms with E-state index < -0.39 is 17.6 Å². The minimum Gasteiger partial charge on any atom is -0.380 e. The van der Waals surface area contributed by atoms with Gasteiger partial charge in [0.2, 0.25) is 0 Å². The number of pyridine rings is 1. The van der Waals surface area contributed by atoms with Crippen molar-refractivity contribution in [1.82, 2.24) is 4.98 Å². The van der Waals surface area contributed by atoms with E-state index >= 15 is 0 Å². The first-order valence-corrected chi connectivity index (χ1v) is 6.37. The average Bonchev–Trinajstić information content (AvgIpc) is 2.40. The molecule has 2 nitrogen and oxygen atoms in total. The Morgan fingerprint density at radius 3 is 2.57 bits per heavy atom. The Labute approximate surface area is 123 Å². The summed E-state index contributed by atoms with van der Waals surface area (Å²) in [4.78, 5) is 3.90. The number of halogens is 5. The van der Waals surface area contributed by atoms with E-state index in [9.17, 15) is 17.6 Å². The number of alkyl halides is 3. The van der Waals surface area contributed by atoms with E-state index in [4.69, 9.17) is 11.6 Å². The van der Waals surface area contributed by atoms with Gasteiger partial charge >= 0.3 is 6.18 Å². The quantitative estimate of drug-likeness (QED) is 0.648. The normalized spacial score (nSPS) is 11.5. The largest absolute Gasteiger partial charge is 0.416 e. The lowest BCUT2D eigenvalue weighted by Crippen LogP contribution is -2.12. The summed E-state index contributed by atoms with van der Waals surface area (Å²) in [6.07, 6.45) is -3.18. The molecule has 0 radical (unpaired) electrons. The van der Waals surface area contributed by atoms with Crippen molar-refractivity contribution >= 4 is 17.3 Å². The van der Waals surface area contributed by atoms with Crippen molar-refractivity contribution < 1.29 is 17.6 Å². The molecule has 2 aromatic rings. The molecule has 0 amide bonds. The van der Waals surface area contributed by atoms with Gasteiger partial charge in [-0.05, 0) is 36.2 Å². The van der Waals surface area contributed by atoms with E-state index in [1.54, 1.807) is 13.0 Å². The summed E-state index contributed by atoms with van der Waals surface area (Å²) in [6, 6.07) is 4.27. The van der Waals surface area contributed by atoms with Crippen LogP contribution in [-0.2, 0) is 12.7 Å². The zero-order valence-electron chi connectivity index (χ0n) is 10.9. The summed E-state index contributed by atoms with van der Waals surface area (Å²) in [5.74, 6) is -0.921. The first kappa shape index (κ1) is 15.6. The second kappa shape index (κ2) is 5.89. The van der Waals surface area contributed by atoms with E-state index in [2.05, 4.69) is 10.3 Å².